The van der Waals surface area contributed by atoms with Crippen molar-refractivity contribution in [2.75, 3.05) is 26.7 Å². The van der Waals surface area contributed by atoms with Crippen molar-refractivity contribution < 1.29 is 13.9 Å². The van der Waals surface area contributed by atoms with E-state index in [1.807, 2.05) is 33.7 Å². The Labute approximate surface area is 168 Å². The van der Waals surface area contributed by atoms with E-state index in [9.17, 15) is 9.18 Å². The molecule has 2 amide bonds. The van der Waals surface area contributed by atoms with Gasteiger partial charge >= 0.3 is 6.03 Å². The first-order chi connectivity index (χ1) is 14.2. The monoisotopic (exact) mass is 397 g/mol. The smallest absolute Gasteiger partial charge is 0.317 e. The molecule has 29 heavy (non-hydrogen) atoms. The van der Waals surface area contributed by atoms with Gasteiger partial charge in [-0.1, -0.05) is 18.2 Å². The molecule has 8 heteroatoms. The first kappa shape index (κ1) is 19.3. The fourth-order valence-corrected chi connectivity index (χ4v) is 3.79. The molecule has 4 rings (SSSR count). The van der Waals surface area contributed by atoms with Crippen LogP contribution in [0.4, 0.5) is 9.18 Å². The van der Waals surface area contributed by atoms with Crippen molar-refractivity contribution in [3.05, 3.63) is 65.9 Å². The van der Waals surface area contributed by atoms with Gasteiger partial charge in [0, 0.05) is 38.9 Å². The molecule has 1 saturated heterocycles. The molecule has 1 aliphatic heterocycles. The third-order valence-corrected chi connectivity index (χ3v) is 5.45. The average Bonchev–Trinajstić information content (AvgIpc) is 3.19. The zero-order chi connectivity index (χ0) is 20.2. The molecule has 0 radical (unpaired) electrons. The summed E-state index contributed by atoms with van der Waals surface area (Å²) in [7, 11) is 1.58. The van der Waals surface area contributed by atoms with Crippen molar-refractivity contribution in [1.29, 1.82) is 0 Å². The van der Waals surface area contributed by atoms with Gasteiger partial charge in [-0.05, 0) is 42.7 Å². The summed E-state index contributed by atoms with van der Waals surface area (Å²) in [5.74, 6) is 0.940. The highest BCUT2D eigenvalue weighted by atomic mass is 19.1. The van der Waals surface area contributed by atoms with Crippen molar-refractivity contribution in [3.8, 4) is 0 Å². The summed E-state index contributed by atoms with van der Waals surface area (Å²) in [6.07, 6.45) is 3.34. The molecule has 0 bridgehead atoms. The third-order valence-electron chi connectivity index (χ3n) is 5.45. The topological polar surface area (TPSA) is 71.8 Å². The summed E-state index contributed by atoms with van der Waals surface area (Å²) >= 11 is 0. The summed E-state index contributed by atoms with van der Waals surface area (Å²) < 4.78 is 20.6. The molecule has 3 aromatic rings. The van der Waals surface area contributed by atoms with E-state index >= 15 is 0 Å². The number of aromatic nitrogens is 3. The number of carbonyl (C=O) groups excluding carboxylic acids is 1. The Balaban J connectivity index is 1.31. The largest absolute Gasteiger partial charge is 0.375 e. The highest BCUT2D eigenvalue weighted by Gasteiger charge is 2.27. The van der Waals surface area contributed by atoms with E-state index in [0.29, 0.717) is 19.6 Å². The number of halogens is 1. The molecule has 3 heterocycles. The van der Waals surface area contributed by atoms with Crippen LogP contribution in [0, 0.1) is 5.82 Å². The van der Waals surface area contributed by atoms with Crippen molar-refractivity contribution in [2.45, 2.75) is 24.9 Å². The molecule has 0 spiro atoms. The summed E-state index contributed by atoms with van der Waals surface area (Å²) in [4.78, 5) is 14.4. The maximum atomic E-state index is 13.1. The van der Waals surface area contributed by atoms with Crippen LogP contribution in [0.1, 0.15) is 36.3 Å². The van der Waals surface area contributed by atoms with Gasteiger partial charge in [0.05, 0.1) is 6.10 Å². The van der Waals surface area contributed by atoms with Gasteiger partial charge in [0.25, 0.3) is 0 Å². The Bertz CT molecular complexity index is 967. The molecule has 152 valence electrons. The van der Waals surface area contributed by atoms with Gasteiger partial charge in [-0.3, -0.25) is 4.40 Å². The highest BCUT2D eigenvalue weighted by molar-refractivity contribution is 5.74. The van der Waals surface area contributed by atoms with Gasteiger partial charge in [-0.2, -0.15) is 0 Å². The first-order valence-electron chi connectivity index (χ1n) is 9.76. The number of likely N-dealkylation sites (tertiary alicyclic amines) is 1. The Morgan fingerprint density at radius 1 is 1.21 bits per heavy atom. The second-order valence-electron chi connectivity index (χ2n) is 7.21. The second kappa shape index (κ2) is 8.57. The maximum absolute atomic E-state index is 13.1. The van der Waals surface area contributed by atoms with E-state index in [0.717, 1.165) is 29.9 Å². The van der Waals surface area contributed by atoms with Gasteiger partial charge in [0.1, 0.15) is 11.6 Å². The SMILES string of the molecule is COC(CNC(=O)N1CCC(c2nnc3ccccn23)CC1)c1ccc(F)cc1. The maximum Gasteiger partial charge on any atom is 0.317 e. The minimum Gasteiger partial charge on any atom is -0.375 e. The van der Waals surface area contributed by atoms with E-state index in [1.165, 1.54) is 12.1 Å². The first-order valence-corrected chi connectivity index (χ1v) is 9.76. The number of rotatable bonds is 5. The molecule has 1 fully saturated rings. The number of pyridine rings is 1. The molecule has 1 aromatic carbocycles. The molecule has 1 atom stereocenters. The summed E-state index contributed by atoms with van der Waals surface area (Å²) in [6.45, 7) is 1.65. The molecule has 1 N–H and O–H groups in total. The van der Waals surface area contributed by atoms with Crippen LogP contribution >= 0.6 is 0 Å². The number of nitrogens with zero attached hydrogens (tertiary/aromatic N) is 4. The number of urea groups is 1. The van der Waals surface area contributed by atoms with Crippen molar-refractivity contribution in [3.63, 3.8) is 0 Å². The third kappa shape index (κ3) is 4.22. The Kier molecular flexibility index (Phi) is 5.71. The van der Waals surface area contributed by atoms with Gasteiger partial charge in [0.2, 0.25) is 0 Å². The van der Waals surface area contributed by atoms with Gasteiger partial charge in [-0.15, -0.1) is 10.2 Å². The van der Waals surface area contributed by atoms with Crippen molar-refractivity contribution >= 4 is 11.7 Å². The number of hydrogen-bond acceptors (Lipinski definition) is 4. The molecule has 0 aliphatic carbocycles. The van der Waals surface area contributed by atoms with E-state index in [1.54, 1.807) is 19.2 Å². The zero-order valence-corrected chi connectivity index (χ0v) is 16.3. The number of ether oxygens (including phenoxy) is 1. The van der Waals surface area contributed by atoms with Gasteiger partial charge in [-0.25, -0.2) is 9.18 Å². The van der Waals surface area contributed by atoms with Crippen LogP contribution in [0.15, 0.2) is 48.7 Å². The highest BCUT2D eigenvalue weighted by Crippen LogP contribution is 2.27. The quantitative estimate of drug-likeness (QED) is 0.718. The van der Waals surface area contributed by atoms with Gasteiger partial charge in [0.15, 0.2) is 5.65 Å². The number of hydrogen-bond donors (Lipinski definition) is 1. The number of carbonyl (C=O) groups is 1. The summed E-state index contributed by atoms with van der Waals surface area (Å²) in [6, 6.07) is 11.9. The van der Waals surface area contributed by atoms with Crippen LogP contribution in [-0.2, 0) is 4.74 Å². The second-order valence-corrected chi connectivity index (χ2v) is 7.21. The van der Waals surface area contributed by atoms with E-state index in [4.69, 9.17) is 4.74 Å². The lowest BCUT2D eigenvalue weighted by Crippen LogP contribution is -2.45. The van der Waals surface area contributed by atoms with Gasteiger partial charge < -0.3 is 15.0 Å². The minimum atomic E-state index is -0.320. The predicted octanol–water partition coefficient (Wildman–Crippen LogP) is 3.15. The number of methoxy groups -OCH3 is 1. The Morgan fingerprint density at radius 3 is 2.69 bits per heavy atom. The fraction of sp³-hybridized carbons (Fsp3) is 0.381. The molecule has 0 saturated carbocycles. The zero-order valence-electron chi connectivity index (χ0n) is 16.3. The lowest BCUT2D eigenvalue weighted by Gasteiger charge is -2.31. The van der Waals surface area contributed by atoms with Crippen LogP contribution in [0.5, 0.6) is 0 Å². The summed E-state index contributed by atoms with van der Waals surface area (Å²) in [5, 5.41) is 11.5. The lowest BCUT2D eigenvalue weighted by atomic mass is 9.96. The normalized spacial score (nSPS) is 16.1. The molecule has 1 unspecified atom stereocenters. The van der Waals surface area contributed by atoms with E-state index in [2.05, 4.69) is 15.5 Å². The molecular weight excluding hydrogens is 373 g/mol. The fourth-order valence-electron chi connectivity index (χ4n) is 3.79. The Morgan fingerprint density at radius 2 is 1.97 bits per heavy atom. The van der Waals surface area contributed by atoms with E-state index in [-0.39, 0.29) is 23.9 Å². The average molecular weight is 397 g/mol. The molecule has 1 aliphatic rings. The number of benzene rings is 1. The predicted molar refractivity (Wildman–Crippen MR) is 106 cm³/mol. The Hall–Kier alpha value is -3.00. The lowest BCUT2D eigenvalue weighted by molar-refractivity contribution is 0.100. The summed E-state index contributed by atoms with van der Waals surface area (Å²) in [5.41, 5.74) is 1.67. The molecule has 2 aromatic heterocycles. The van der Waals surface area contributed by atoms with Crippen LogP contribution < -0.4 is 5.32 Å². The molecular formula is C21H24FN5O2. The van der Waals surface area contributed by atoms with E-state index < -0.39 is 0 Å². The number of nitrogens with one attached hydrogen (secondary N) is 1. The van der Waals surface area contributed by atoms with Crippen LogP contribution in [0.3, 0.4) is 0 Å². The van der Waals surface area contributed by atoms with Crippen molar-refractivity contribution in [2.24, 2.45) is 0 Å². The van der Waals surface area contributed by atoms with Crippen LogP contribution in [-0.4, -0.2) is 52.3 Å². The molecule has 7 nitrogen and oxygen atoms in total. The standard InChI is InChI=1S/C21H24FN5O2/c1-29-18(15-5-7-17(22)8-6-15)14-23-21(28)26-12-9-16(10-13-26)20-25-24-19-4-2-3-11-27(19)20/h2-8,11,16,18H,9-10,12-14H2,1H3,(H,23,28). The minimum absolute atomic E-state index is 0.112. The number of fused-ring (bicyclic) bond motifs is 1. The van der Waals surface area contributed by atoms with Crippen molar-refractivity contribution in [1.82, 2.24) is 24.8 Å². The number of piperidine rings is 1. The van der Waals surface area contributed by atoms with Crippen LogP contribution in [0.25, 0.3) is 5.65 Å². The van der Waals surface area contributed by atoms with Crippen LogP contribution in [0.2, 0.25) is 0 Å². The number of amides is 2.